The van der Waals surface area contributed by atoms with Crippen LogP contribution in [0.3, 0.4) is 0 Å². The Balaban J connectivity index is 1.33. The molecule has 6 aromatic rings. The molecule has 1 N–H and O–H groups in total. The third kappa shape index (κ3) is 5.52. The van der Waals surface area contributed by atoms with E-state index in [1.807, 2.05) is 54.6 Å². The number of nitrogens with zero attached hydrogens (tertiary/aromatic N) is 3. The largest absolute Gasteiger partial charge is 0.493 e. The normalized spacial score (nSPS) is 11.3. The first-order chi connectivity index (χ1) is 20.5. The van der Waals surface area contributed by atoms with Crippen LogP contribution in [0.1, 0.15) is 5.56 Å². The summed E-state index contributed by atoms with van der Waals surface area (Å²) in [5.74, 6) is 1.10. The van der Waals surface area contributed by atoms with Crippen molar-refractivity contribution in [2.24, 2.45) is 5.10 Å². The fourth-order valence-corrected chi connectivity index (χ4v) is 4.81. The van der Waals surface area contributed by atoms with E-state index in [1.54, 1.807) is 42.5 Å². The van der Waals surface area contributed by atoms with E-state index < -0.39 is 0 Å². The summed E-state index contributed by atoms with van der Waals surface area (Å²) in [5.41, 5.74) is 2.13. The summed E-state index contributed by atoms with van der Waals surface area (Å²) in [6, 6.07) is 29.0. The summed E-state index contributed by atoms with van der Waals surface area (Å²) in [4.78, 5) is 30.7. The molecule has 2 heterocycles. The Bertz CT molecular complexity index is 1980. The first-order valence-electron chi connectivity index (χ1n) is 12.9. The minimum Gasteiger partial charge on any atom is -0.493 e. The van der Waals surface area contributed by atoms with E-state index in [0.29, 0.717) is 49.5 Å². The maximum Gasteiger partial charge on any atom is 0.282 e. The number of hydrogen-bond donors (Lipinski definition) is 1. The second kappa shape index (κ2) is 11.7. The third-order valence-electron chi connectivity index (χ3n) is 6.41. The molecule has 0 aliphatic rings. The van der Waals surface area contributed by atoms with Gasteiger partial charge in [0.1, 0.15) is 5.58 Å². The number of carbonyl (C=O) groups is 1. The van der Waals surface area contributed by atoms with Gasteiger partial charge in [-0.3, -0.25) is 9.59 Å². The summed E-state index contributed by atoms with van der Waals surface area (Å²) in [6.07, 6.45) is 1.52. The lowest BCUT2D eigenvalue weighted by Crippen LogP contribution is -2.20. The highest BCUT2D eigenvalue weighted by Crippen LogP contribution is 2.33. The van der Waals surface area contributed by atoms with E-state index in [1.165, 1.54) is 18.0 Å². The molecule has 0 radical (unpaired) electrons. The molecule has 9 nitrogen and oxygen atoms in total. The molecule has 2 aromatic heterocycles. The van der Waals surface area contributed by atoms with Gasteiger partial charge in [0.2, 0.25) is 5.82 Å². The highest BCUT2D eigenvalue weighted by atomic mass is 79.9. The monoisotopic (exact) mass is 622 g/mol. The van der Waals surface area contributed by atoms with Crippen LogP contribution in [0.5, 0.6) is 11.5 Å². The summed E-state index contributed by atoms with van der Waals surface area (Å²) >= 11 is 3.54. The van der Waals surface area contributed by atoms with Crippen molar-refractivity contribution >= 4 is 55.6 Å². The van der Waals surface area contributed by atoms with Gasteiger partial charge in [0.05, 0.1) is 24.2 Å². The van der Waals surface area contributed by atoms with E-state index in [-0.39, 0.29) is 23.9 Å². The van der Waals surface area contributed by atoms with E-state index >= 15 is 0 Å². The molecule has 0 atom stereocenters. The minimum atomic E-state index is -0.347. The van der Waals surface area contributed by atoms with Gasteiger partial charge in [0.25, 0.3) is 11.5 Å². The number of fused-ring (bicyclic) bond motifs is 2. The van der Waals surface area contributed by atoms with Crippen LogP contribution in [0.2, 0.25) is 0 Å². The quantitative estimate of drug-likeness (QED) is 0.195. The number of carbonyl (C=O) groups excluding carboxylic acids is 1. The Hall–Kier alpha value is -5.22. The third-order valence-corrected chi connectivity index (χ3v) is 7.10. The first-order valence-corrected chi connectivity index (χ1v) is 13.7. The molecule has 10 heteroatoms. The summed E-state index contributed by atoms with van der Waals surface area (Å²) < 4.78 is 19.1. The molecule has 0 aliphatic heterocycles. The number of aromatic nitrogens is 2. The number of rotatable bonds is 8. The van der Waals surface area contributed by atoms with Gasteiger partial charge in [-0.05, 0) is 64.5 Å². The van der Waals surface area contributed by atoms with Crippen molar-refractivity contribution in [1.29, 1.82) is 0 Å². The van der Waals surface area contributed by atoms with Gasteiger partial charge in [-0.25, -0.2) is 4.98 Å². The number of benzene rings is 4. The zero-order valence-electron chi connectivity index (χ0n) is 22.3. The Morgan fingerprint density at radius 2 is 1.76 bits per heavy atom. The summed E-state index contributed by atoms with van der Waals surface area (Å²) in [7, 11) is 1.50. The molecule has 0 spiro atoms. The van der Waals surface area contributed by atoms with Crippen LogP contribution in [0.15, 0.2) is 116 Å². The van der Waals surface area contributed by atoms with Gasteiger partial charge in [0.15, 0.2) is 23.9 Å². The lowest BCUT2D eigenvalue weighted by molar-refractivity contribution is -0.118. The van der Waals surface area contributed by atoms with Crippen LogP contribution < -0.4 is 20.3 Å². The molecule has 0 saturated carbocycles. The van der Waals surface area contributed by atoms with Crippen LogP contribution in [-0.4, -0.2) is 35.5 Å². The molecule has 0 fully saturated rings. The molecule has 42 heavy (non-hydrogen) atoms. The van der Waals surface area contributed by atoms with Crippen molar-refractivity contribution in [3.8, 4) is 23.1 Å². The standard InChI is InChI=1S/C32H23BrN4O5/c1-40-27-16-21(24(33)17-28(27)41-19-30(38)35-22-10-3-2-4-11-22)18-34-37-31(29-15-20-9-5-8-14-26(20)42-29)36-25-13-7-6-12-23(25)32(37)39/h2-18H,19H2,1H3,(H,35,38). The van der Waals surface area contributed by atoms with Gasteiger partial charge < -0.3 is 19.2 Å². The molecule has 0 bridgehead atoms. The molecular weight excluding hydrogens is 600 g/mol. The Morgan fingerprint density at radius 3 is 2.57 bits per heavy atom. The van der Waals surface area contributed by atoms with Crippen molar-refractivity contribution in [1.82, 2.24) is 9.66 Å². The predicted octanol–water partition coefficient (Wildman–Crippen LogP) is 6.48. The fraction of sp³-hybridized carbons (Fsp3) is 0.0625. The predicted molar refractivity (Wildman–Crippen MR) is 165 cm³/mol. The van der Waals surface area contributed by atoms with E-state index in [4.69, 9.17) is 18.9 Å². The van der Waals surface area contributed by atoms with Crippen LogP contribution in [0.4, 0.5) is 5.69 Å². The SMILES string of the molecule is COc1cc(C=Nn2c(-c3cc4ccccc4o3)nc3ccccc3c2=O)c(Br)cc1OCC(=O)Nc1ccccc1. The molecule has 6 rings (SSSR count). The maximum absolute atomic E-state index is 13.6. The van der Waals surface area contributed by atoms with E-state index in [2.05, 4.69) is 26.3 Å². The molecule has 0 unspecified atom stereocenters. The Labute approximate surface area is 248 Å². The number of furan rings is 1. The number of para-hydroxylation sites is 3. The molecule has 4 aromatic carbocycles. The average molecular weight is 623 g/mol. The number of nitrogens with one attached hydrogen (secondary N) is 1. The van der Waals surface area contributed by atoms with Crippen LogP contribution in [-0.2, 0) is 4.79 Å². The van der Waals surface area contributed by atoms with Gasteiger partial charge in [-0.2, -0.15) is 9.78 Å². The van der Waals surface area contributed by atoms with Crippen LogP contribution in [0.25, 0.3) is 33.5 Å². The van der Waals surface area contributed by atoms with Crippen molar-refractivity contribution < 1.29 is 18.7 Å². The Morgan fingerprint density at radius 1 is 1.00 bits per heavy atom. The number of amides is 1. The zero-order valence-corrected chi connectivity index (χ0v) is 23.9. The number of anilines is 1. The fourth-order valence-electron chi connectivity index (χ4n) is 4.39. The number of ether oxygens (including phenoxy) is 2. The van der Waals surface area contributed by atoms with E-state index in [0.717, 1.165) is 5.39 Å². The van der Waals surface area contributed by atoms with Crippen LogP contribution >= 0.6 is 15.9 Å². The van der Waals surface area contributed by atoms with Crippen LogP contribution in [0, 0.1) is 0 Å². The number of halogens is 1. The smallest absolute Gasteiger partial charge is 0.282 e. The van der Waals surface area contributed by atoms with Crippen molar-refractivity contribution in [2.75, 3.05) is 19.0 Å². The van der Waals surface area contributed by atoms with Gasteiger partial charge >= 0.3 is 0 Å². The van der Waals surface area contributed by atoms with Gasteiger partial charge in [-0.15, -0.1) is 0 Å². The molecule has 0 aliphatic carbocycles. The maximum atomic E-state index is 13.6. The van der Waals surface area contributed by atoms with E-state index in [9.17, 15) is 9.59 Å². The molecule has 1 amide bonds. The molecule has 0 saturated heterocycles. The van der Waals surface area contributed by atoms with Gasteiger partial charge in [-0.1, -0.05) is 48.5 Å². The second-order valence-electron chi connectivity index (χ2n) is 9.19. The second-order valence-corrected chi connectivity index (χ2v) is 10.0. The van der Waals surface area contributed by atoms with Crippen molar-refractivity contribution in [3.63, 3.8) is 0 Å². The number of methoxy groups -OCH3 is 1. The van der Waals surface area contributed by atoms with Crippen molar-refractivity contribution in [3.05, 3.63) is 117 Å². The number of hydrogen-bond acceptors (Lipinski definition) is 7. The summed E-state index contributed by atoms with van der Waals surface area (Å²) in [6.45, 7) is -0.218. The lowest BCUT2D eigenvalue weighted by atomic mass is 10.2. The molecule has 208 valence electrons. The highest BCUT2D eigenvalue weighted by molar-refractivity contribution is 9.10. The van der Waals surface area contributed by atoms with Gasteiger partial charge in [0, 0.05) is 21.1 Å². The molecular formula is C32H23BrN4O5. The average Bonchev–Trinajstić information content (AvgIpc) is 3.45. The lowest BCUT2D eigenvalue weighted by Gasteiger charge is -2.13. The highest BCUT2D eigenvalue weighted by Gasteiger charge is 2.17. The minimum absolute atomic E-state index is 0.218. The van der Waals surface area contributed by atoms with Crippen molar-refractivity contribution in [2.45, 2.75) is 0 Å². The topological polar surface area (TPSA) is 108 Å². The summed E-state index contributed by atoms with van der Waals surface area (Å²) in [5, 5.41) is 8.60. The first kappa shape index (κ1) is 27.0. The zero-order chi connectivity index (χ0) is 29.1. The Kier molecular flexibility index (Phi) is 7.52.